The Bertz CT molecular complexity index is 370. The largest absolute Gasteiger partial charge is 0.321 e. The molecule has 3 aliphatic rings. The van der Waals surface area contributed by atoms with E-state index < -0.39 is 0 Å². The second-order valence-corrected chi connectivity index (χ2v) is 8.09. The normalized spacial score (nSPS) is 37.8. The Balaban J connectivity index is 1.80. The van der Waals surface area contributed by atoms with E-state index in [1.54, 1.807) is 0 Å². The van der Waals surface area contributed by atoms with Gasteiger partial charge in [-0.15, -0.1) is 0 Å². The van der Waals surface area contributed by atoms with Crippen LogP contribution in [0.4, 0.5) is 0 Å². The summed E-state index contributed by atoms with van der Waals surface area (Å²) in [5.74, 6) is 1.10. The van der Waals surface area contributed by atoms with Gasteiger partial charge in [0.2, 0.25) is 5.91 Å². The molecule has 0 aromatic carbocycles. The number of hydrogen-bond donors (Lipinski definition) is 1. The summed E-state index contributed by atoms with van der Waals surface area (Å²) in [6.07, 6.45) is 13.7. The molecule has 2 saturated carbocycles. The van der Waals surface area contributed by atoms with Crippen molar-refractivity contribution >= 4 is 17.7 Å². The van der Waals surface area contributed by atoms with E-state index in [1.165, 1.54) is 44.9 Å². The SMILES string of the molecule is CCCC1NC(C2CCCC2)N(C2CCCC2SC)C1=O. The first-order chi connectivity index (χ1) is 10.3. The van der Waals surface area contributed by atoms with Crippen LogP contribution in [-0.4, -0.2) is 40.6 Å². The van der Waals surface area contributed by atoms with E-state index in [1.807, 2.05) is 11.8 Å². The molecule has 120 valence electrons. The molecule has 4 atom stereocenters. The molecule has 3 nitrogen and oxygen atoms in total. The molecule has 0 bridgehead atoms. The molecule has 3 rings (SSSR count). The molecule has 0 aromatic heterocycles. The average molecular weight is 311 g/mol. The van der Waals surface area contributed by atoms with E-state index in [-0.39, 0.29) is 6.04 Å². The number of carbonyl (C=O) groups excluding carboxylic acids is 1. The van der Waals surface area contributed by atoms with Crippen LogP contribution >= 0.6 is 11.8 Å². The maximum atomic E-state index is 13.0. The van der Waals surface area contributed by atoms with Crippen molar-refractivity contribution in [3.8, 4) is 0 Å². The lowest BCUT2D eigenvalue weighted by molar-refractivity contribution is -0.132. The van der Waals surface area contributed by atoms with Crippen LogP contribution in [0.1, 0.15) is 64.7 Å². The number of rotatable bonds is 5. The highest BCUT2D eigenvalue weighted by Crippen LogP contribution is 2.39. The highest BCUT2D eigenvalue weighted by Gasteiger charge is 2.48. The Morgan fingerprint density at radius 1 is 1.19 bits per heavy atom. The van der Waals surface area contributed by atoms with Gasteiger partial charge in [-0.05, 0) is 44.3 Å². The van der Waals surface area contributed by atoms with Gasteiger partial charge in [0, 0.05) is 11.3 Å². The molecule has 0 spiro atoms. The van der Waals surface area contributed by atoms with E-state index in [0.717, 1.165) is 12.8 Å². The fourth-order valence-electron chi connectivity index (χ4n) is 4.68. The molecular weight excluding hydrogens is 280 g/mol. The maximum absolute atomic E-state index is 13.0. The lowest BCUT2D eigenvalue weighted by atomic mass is 10.0. The summed E-state index contributed by atoms with van der Waals surface area (Å²) in [7, 11) is 0. The van der Waals surface area contributed by atoms with Gasteiger partial charge < -0.3 is 4.90 Å². The molecular formula is C17H30N2OS. The third kappa shape index (κ3) is 2.98. The van der Waals surface area contributed by atoms with E-state index >= 15 is 0 Å². The Labute approximate surface area is 133 Å². The maximum Gasteiger partial charge on any atom is 0.241 e. The fraction of sp³-hybridized carbons (Fsp3) is 0.941. The van der Waals surface area contributed by atoms with E-state index in [2.05, 4.69) is 23.4 Å². The lowest BCUT2D eigenvalue weighted by Crippen LogP contribution is -2.50. The number of thioether (sulfide) groups is 1. The lowest BCUT2D eigenvalue weighted by Gasteiger charge is -2.36. The van der Waals surface area contributed by atoms with Gasteiger partial charge in [0.05, 0.1) is 12.2 Å². The molecule has 0 radical (unpaired) electrons. The minimum Gasteiger partial charge on any atom is -0.321 e. The van der Waals surface area contributed by atoms with Crippen molar-refractivity contribution in [2.45, 2.75) is 88.2 Å². The molecule has 21 heavy (non-hydrogen) atoms. The van der Waals surface area contributed by atoms with Crippen LogP contribution in [0.2, 0.25) is 0 Å². The molecule has 1 heterocycles. The summed E-state index contributed by atoms with van der Waals surface area (Å²) in [5, 5.41) is 4.38. The summed E-state index contributed by atoms with van der Waals surface area (Å²) >= 11 is 1.97. The van der Waals surface area contributed by atoms with Gasteiger partial charge in [-0.2, -0.15) is 11.8 Å². The van der Waals surface area contributed by atoms with E-state index in [9.17, 15) is 4.79 Å². The summed E-state index contributed by atoms with van der Waals surface area (Å²) in [5.41, 5.74) is 0. The third-order valence-electron chi connectivity index (χ3n) is 5.73. The Morgan fingerprint density at radius 2 is 1.95 bits per heavy atom. The minimum absolute atomic E-state index is 0.0868. The molecule has 3 fully saturated rings. The average Bonchev–Trinajstić information content (AvgIpc) is 3.19. The molecule has 1 amide bonds. The first-order valence-corrected chi connectivity index (χ1v) is 10.2. The number of hydrogen-bond acceptors (Lipinski definition) is 3. The standard InChI is InChI=1S/C17H30N2OS/c1-3-7-13-17(20)19(14-10-6-11-15(14)21-2)16(18-13)12-8-4-5-9-12/h12-16,18H,3-11H2,1-2H3. The van der Waals surface area contributed by atoms with E-state index in [4.69, 9.17) is 0 Å². The zero-order valence-electron chi connectivity index (χ0n) is 13.5. The van der Waals surface area contributed by atoms with Crippen molar-refractivity contribution in [3.63, 3.8) is 0 Å². The number of amides is 1. The molecule has 4 heteroatoms. The number of carbonyl (C=O) groups is 1. The summed E-state index contributed by atoms with van der Waals surface area (Å²) in [4.78, 5) is 15.3. The van der Waals surface area contributed by atoms with Gasteiger partial charge in [0.1, 0.15) is 0 Å². The first-order valence-electron chi connectivity index (χ1n) is 8.87. The van der Waals surface area contributed by atoms with Gasteiger partial charge in [0.15, 0.2) is 0 Å². The second kappa shape index (κ2) is 6.91. The van der Waals surface area contributed by atoms with Crippen molar-refractivity contribution in [2.24, 2.45) is 5.92 Å². The van der Waals surface area contributed by atoms with Crippen LogP contribution < -0.4 is 5.32 Å². The predicted octanol–water partition coefficient (Wildman–Crippen LogP) is 3.39. The van der Waals surface area contributed by atoms with E-state index in [0.29, 0.717) is 29.3 Å². The van der Waals surface area contributed by atoms with Gasteiger partial charge in [0.25, 0.3) is 0 Å². The second-order valence-electron chi connectivity index (χ2n) is 7.02. The highest BCUT2D eigenvalue weighted by molar-refractivity contribution is 7.99. The van der Waals surface area contributed by atoms with Crippen molar-refractivity contribution in [3.05, 3.63) is 0 Å². The quantitative estimate of drug-likeness (QED) is 0.845. The molecule has 1 aliphatic heterocycles. The van der Waals surface area contributed by atoms with Gasteiger partial charge in [-0.3, -0.25) is 10.1 Å². The minimum atomic E-state index is 0.0868. The summed E-state index contributed by atoms with van der Waals surface area (Å²) in [6, 6.07) is 0.566. The van der Waals surface area contributed by atoms with Crippen molar-refractivity contribution < 1.29 is 4.79 Å². The van der Waals surface area contributed by atoms with Crippen LogP contribution in [-0.2, 0) is 4.79 Å². The molecule has 1 saturated heterocycles. The zero-order valence-corrected chi connectivity index (χ0v) is 14.3. The Morgan fingerprint density at radius 3 is 2.62 bits per heavy atom. The van der Waals surface area contributed by atoms with Crippen LogP contribution in [0.3, 0.4) is 0 Å². The molecule has 4 unspecified atom stereocenters. The Kier molecular flexibility index (Phi) is 5.15. The van der Waals surface area contributed by atoms with Gasteiger partial charge >= 0.3 is 0 Å². The molecule has 1 N–H and O–H groups in total. The molecule has 0 aromatic rings. The smallest absolute Gasteiger partial charge is 0.241 e. The Hall–Kier alpha value is -0.220. The number of nitrogens with zero attached hydrogens (tertiary/aromatic N) is 1. The van der Waals surface area contributed by atoms with Crippen LogP contribution in [0.25, 0.3) is 0 Å². The highest BCUT2D eigenvalue weighted by atomic mass is 32.2. The number of nitrogens with one attached hydrogen (secondary N) is 1. The zero-order chi connectivity index (χ0) is 14.8. The van der Waals surface area contributed by atoms with Crippen LogP contribution in [0.15, 0.2) is 0 Å². The molecule has 2 aliphatic carbocycles. The van der Waals surface area contributed by atoms with Gasteiger partial charge in [-0.1, -0.05) is 32.6 Å². The van der Waals surface area contributed by atoms with Crippen LogP contribution in [0.5, 0.6) is 0 Å². The fourth-order valence-corrected chi connectivity index (χ4v) is 5.66. The predicted molar refractivity (Wildman–Crippen MR) is 89.4 cm³/mol. The summed E-state index contributed by atoms with van der Waals surface area (Å²) < 4.78 is 0. The van der Waals surface area contributed by atoms with Gasteiger partial charge in [-0.25, -0.2) is 0 Å². The topological polar surface area (TPSA) is 32.3 Å². The summed E-state index contributed by atoms with van der Waals surface area (Å²) in [6.45, 7) is 2.18. The monoisotopic (exact) mass is 310 g/mol. The first kappa shape index (κ1) is 15.7. The third-order valence-corrected chi connectivity index (χ3v) is 6.88. The van der Waals surface area contributed by atoms with Crippen molar-refractivity contribution in [2.75, 3.05) is 6.26 Å². The van der Waals surface area contributed by atoms with Crippen LogP contribution in [0, 0.1) is 5.92 Å². The van der Waals surface area contributed by atoms with Crippen molar-refractivity contribution in [1.82, 2.24) is 10.2 Å². The van der Waals surface area contributed by atoms with Crippen molar-refractivity contribution in [1.29, 1.82) is 0 Å².